The molecule has 0 bridgehead atoms. The van der Waals surface area contributed by atoms with Crippen LogP contribution in [0.4, 0.5) is 0 Å². The number of carbonyl (C=O) groups excluding carboxylic acids is 1. The molecule has 0 aliphatic carbocycles. The Morgan fingerprint density at radius 3 is 2.69 bits per heavy atom. The second-order valence-corrected chi connectivity index (χ2v) is 7.51. The van der Waals surface area contributed by atoms with Gasteiger partial charge in [-0.05, 0) is 59.0 Å². The van der Waals surface area contributed by atoms with Gasteiger partial charge in [-0.2, -0.15) is 0 Å². The van der Waals surface area contributed by atoms with Gasteiger partial charge < -0.3 is 14.6 Å². The van der Waals surface area contributed by atoms with Crippen molar-refractivity contribution >= 4 is 27.6 Å². The van der Waals surface area contributed by atoms with Crippen LogP contribution in [0.3, 0.4) is 0 Å². The van der Waals surface area contributed by atoms with E-state index in [1.165, 1.54) is 10.9 Å². The van der Waals surface area contributed by atoms with E-state index >= 15 is 0 Å². The van der Waals surface area contributed by atoms with Crippen molar-refractivity contribution < 1.29 is 9.53 Å². The number of aromatic nitrogens is 1. The minimum atomic E-state index is 0.180. The van der Waals surface area contributed by atoms with Crippen molar-refractivity contribution in [1.29, 1.82) is 0 Å². The minimum Gasteiger partial charge on any atom is -0.497 e. The Hall–Kier alpha value is -3.27. The zero-order valence-electron chi connectivity index (χ0n) is 16.9. The van der Waals surface area contributed by atoms with Gasteiger partial charge in [-0.3, -0.25) is 4.79 Å². The van der Waals surface area contributed by atoms with Crippen molar-refractivity contribution in [1.82, 2.24) is 9.88 Å². The lowest BCUT2D eigenvalue weighted by Crippen LogP contribution is -2.25. The fourth-order valence-electron chi connectivity index (χ4n) is 3.82. The Morgan fingerprint density at radius 1 is 1.03 bits per heavy atom. The molecule has 29 heavy (non-hydrogen) atoms. The van der Waals surface area contributed by atoms with Crippen LogP contribution in [0.2, 0.25) is 0 Å². The summed E-state index contributed by atoms with van der Waals surface area (Å²) >= 11 is 0. The molecule has 0 atom stereocenters. The summed E-state index contributed by atoms with van der Waals surface area (Å²) in [5.74, 6) is 1.03. The third-order valence-corrected chi connectivity index (χ3v) is 5.47. The first-order chi connectivity index (χ1) is 14.1. The number of hydrogen-bond donors (Lipinski definition) is 1. The number of para-hydroxylation sites is 1. The molecular formula is C25H26N2O2. The number of benzene rings is 3. The van der Waals surface area contributed by atoms with Gasteiger partial charge in [0.25, 0.3) is 0 Å². The lowest BCUT2D eigenvalue weighted by molar-refractivity contribution is -0.130. The number of nitrogens with zero attached hydrogens (tertiary/aromatic N) is 1. The van der Waals surface area contributed by atoms with E-state index in [4.69, 9.17) is 4.74 Å². The predicted molar refractivity (Wildman–Crippen MR) is 118 cm³/mol. The maximum atomic E-state index is 12.6. The van der Waals surface area contributed by atoms with Gasteiger partial charge in [0.05, 0.1) is 7.11 Å². The summed E-state index contributed by atoms with van der Waals surface area (Å²) in [6.45, 7) is 0.619. The molecule has 1 heterocycles. The number of methoxy groups -OCH3 is 1. The molecule has 0 radical (unpaired) electrons. The number of H-pyrrole nitrogens is 1. The van der Waals surface area contributed by atoms with E-state index in [9.17, 15) is 4.79 Å². The van der Waals surface area contributed by atoms with Crippen LogP contribution in [0.15, 0.2) is 66.9 Å². The summed E-state index contributed by atoms with van der Waals surface area (Å²) in [6, 6.07) is 20.7. The van der Waals surface area contributed by atoms with Crippen LogP contribution in [0.1, 0.15) is 24.0 Å². The van der Waals surface area contributed by atoms with E-state index in [-0.39, 0.29) is 5.91 Å². The molecule has 1 amide bonds. The fraction of sp³-hybridized carbons (Fsp3) is 0.240. The summed E-state index contributed by atoms with van der Waals surface area (Å²) in [4.78, 5) is 17.7. The van der Waals surface area contributed by atoms with Gasteiger partial charge in [-0.1, -0.05) is 36.4 Å². The average Bonchev–Trinajstić information content (AvgIpc) is 3.16. The van der Waals surface area contributed by atoms with Crippen molar-refractivity contribution in [3.63, 3.8) is 0 Å². The second kappa shape index (κ2) is 8.39. The Labute approximate surface area is 171 Å². The second-order valence-electron chi connectivity index (χ2n) is 7.51. The molecule has 0 saturated carbocycles. The number of aryl methyl sites for hydroxylation is 1. The smallest absolute Gasteiger partial charge is 0.222 e. The van der Waals surface area contributed by atoms with Crippen LogP contribution in [-0.2, 0) is 17.8 Å². The van der Waals surface area contributed by atoms with Gasteiger partial charge in [0.15, 0.2) is 0 Å². The van der Waals surface area contributed by atoms with Crippen LogP contribution in [0, 0.1) is 0 Å². The summed E-state index contributed by atoms with van der Waals surface area (Å²) in [7, 11) is 3.56. The zero-order valence-corrected chi connectivity index (χ0v) is 16.9. The highest BCUT2D eigenvalue weighted by atomic mass is 16.5. The predicted octanol–water partition coefficient (Wildman–Crippen LogP) is 5.31. The Bertz CT molecular complexity index is 1150. The normalized spacial score (nSPS) is 11.1. The van der Waals surface area contributed by atoms with Crippen LogP contribution >= 0.6 is 0 Å². The molecule has 0 aliphatic rings. The van der Waals surface area contributed by atoms with Gasteiger partial charge in [0, 0.05) is 37.1 Å². The lowest BCUT2D eigenvalue weighted by atomic mass is 10.1. The van der Waals surface area contributed by atoms with E-state index in [1.54, 1.807) is 7.11 Å². The summed E-state index contributed by atoms with van der Waals surface area (Å²) < 4.78 is 5.28. The van der Waals surface area contributed by atoms with Gasteiger partial charge in [0.1, 0.15) is 5.75 Å². The maximum Gasteiger partial charge on any atom is 0.222 e. The number of nitrogens with one attached hydrogen (secondary N) is 1. The van der Waals surface area contributed by atoms with Crippen LogP contribution in [0.5, 0.6) is 5.75 Å². The number of amides is 1. The Balaban J connectivity index is 1.33. The van der Waals surface area contributed by atoms with Gasteiger partial charge in [-0.15, -0.1) is 0 Å². The summed E-state index contributed by atoms with van der Waals surface area (Å²) in [6.07, 6.45) is 4.37. The highest BCUT2D eigenvalue weighted by molar-refractivity contribution is 5.85. The topological polar surface area (TPSA) is 45.3 Å². The third-order valence-electron chi connectivity index (χ3n) is 5.47. The SMILES string of the molecule is COc1ccc2cc(CN(C)C(=O)CCCc3c[nH]c4ccccc34)ccc2c1. The maximum absolute atomic E-state index is 12.6. The van der Waals surface area contributed by atoms with Crippen LogP contribution < -0.4 is 4.74 Å². The molecule has 4 rings (SSSR count). The Morgan fingerprint density at radius 2 is 1.83 bits per heavy atom. The molecule has 4 heteroatoms. The quantitative estimate of drug-likeness (QED) is 0.468. The number of fused-ring (bicyclic) bond motifs is 2. The Kier molecular flexibility index (Phi) is 5.52. The van der Waals surface area contributed by atoms with Crippen molar-refractivity contribution in [2.45, 2.75) is 25.8 Å². The van der Waals surface area contributed by atoms with Crippen molar-refractivity contribution in [3.8, 4) is 5.75 Å². The average molecular weight is 386 g/mol. The molecule has 0 spiro atoms. The molecule has 0 aliphatic heterocycles. The first-order valence-electron chi connectivity index (χ1n) is 9.99. The number of aromatic amines is 1. The largest absolute Gasteiger partial charge is 0.497 e. The standard InChI is InChI=1S/C25H26N2O2/c1-27(17-18-10-11-20-15-22(29-2)13-12-19(20)14-18)25(28)9-5-6-21-16-26-24-8-4-3-7-23(21)24/h3-4,7-8,10-16,26H,5-6,9,17H2,1-2H3. The first kappa shape index (κ1) is 19.1. The number of hydrogen-bond acceptors (Lipinski definition) is 2. The highest BCUT2D eigenvalue weighted by Gasteiger charge is 2.11. The molecule has 148 valence electrons. The van der Waals surface area contributed by atoms with Crippen LogP contribution in [0.25, 0.3) is 21.7 Å². The van der Waals surface area contributed by atoms with Crippen molar-refractivity contribution in [3.05, 3.63) is 78.0 Å². The van der Waals surface area contributed by atoms with E-state index in [0.717, 1.165) is 40.4 Å². The molecule has 1 aromatic heterocycles. The lowest BCUT2D eigenvalue weighted by Gasteiger charge is -2.17. The molecule has 3 aromatic carbocycles. The van der Waals surface area contributed by atoms with Gasteiger partial charge >= 0.3 is 0 Å². The van der Waals surface area contributed by atoms with Crippen LogP contribution in [-0.4, -0.2) is 29.9 Å². The van der Waals surface area contributed by atoms with Gasteiger partial charge in [-0.25, -0.2) is 0 Å². The van der Waals surface area contributed by atoms with E-state index in [2.05, 4.69) is 53.6 Å². The molecule has 0 unspecified atom stereocenters. The zero-order chi connectivity index (χ0) is 20.2. The fourth-order valence-corrected chi connectivity index (χ4v) is 3.82. The van der Waals surface area contributed by atoms with E-state index < -0.39 is 0 Å². The summed E-state index contributed by atoms with van der Waals surface area (Å²) in [5.41, 5.74) is 3.57. The highest BCUT2D eigenvalue weighted by Crippen LogP contribution is 2.23. The number of rotatable bonds is 7. The molecule has 1 N–H and O–H groups in total. The molecule has 4 nitrogen and oxygen atoms in total. The monoisotopic (exact) mass is 386 g/mol. The molecule has 4 aromatic rings. The number of carbonyl (C=O) groups is 1. The number of ether oxygens (including phenoxy) is 1. The van der Waals surface area contributed by atoms with Crippen molar-refractivity contribution in [2.75, 3.05) is 14.2 Å². The summed E-state index contributed by atoms with van der Waals surface area (Å²) in [5, 5.41) is 3.55. The van der Waals surface area contributed by atoms with Crippen molar-refractivity contribution in [2.24, 2.45) is 0 Å². The molecule has 0 fully saturated rings. The minimum absolute atomic E-state index is 0.180. The first-order valence-corrected chi connectivity index (χ1v) is 9.99. The molecular weight excluding hydrogens is 360 g/mol. The van der Waals surface area contributed by atoms with Gasteiger partial charge in [0.2, 0.25) is 5.91 Å². The van der Waals surface area contributed by atoms with E-state index in [1.807, 2.05) is 30.1 Å². The third kappa shape index (κ3) is 4.27. The molecule has 0 saturated heterocycles. The van der Waals surface area contributed by atoms with E-state index in [0.29, 0.717) is 13.0 Å².